The highest BCUT2D eigenvalue weighted by molar-refractivity contribution is 5.36. The van der Waals surface area contributed by atoms with Crippen molar-refractivity contribution in [3.8, 4) is 5.75 Å². The average molecular weight is 329 g/mol. The zero-order valence-corrected chi connectivity index (χ0v) is 15.0. The molecule has 1 unspecified atom stereocenters. The van der Waals surface area contributed by atoms with Crippen LogP contribution in [0.4, 0.5) is 0 Å². The van der Waals surface area contributed by atoms with Gasteiger partial charge in [0.1, 0.15) is 5.75 Å². The molecule has 1 aromatic heterocycles. The molecule has 1 aliphatic rings. The summed E-state index contributed by atoms with van der Waals surface area (Å²) in [4.78, 5) is 4.50. The molecule has 0 aliphatic heterocycles. The lowest BCUT2D eigenvalue weighted by molar-refractivity contribution is 0.175. The summed E-state index contributed by atoms with van der Waals surface area (Å²) in [6.45, 7) is 8.41. The minimum atomic E-state index is -0.434. The summed E-state index contributed by atoms with van der Waals surface area (Å²) in [5.74, 6) is 2.40. The fourth-order valence-electron chi connectivity index (χ4n) is 3.46. The van der Waals surface area contributed by atoms with Gasteiger partial charge < -0.3 is 15.0 Å². The first-order chi connectivity index (χ1) is 11.4. The zero-order chi connectivity index (χ0) is 17.3. The van der Waals surface area contributed by atoms with Crippen LogP contribution in [0.2, 0.25) is 0 Å². The molecule has 24 heavy (non-hydrogen) atoms. The van der Waals surface area contributed by atoms with Gasteiger partial charge in [-0.25, -0.2) is 0 Å². The first kappa shape index (κ1) is 17.0. The Morgan fingerprint density at radius 1 is 1.21 bits per heavy atom. The molecule has 0 bridgehead atoms. The van der Waals surface area contributed by atoms with Gasteiger partial charge in [0.05, 0.1) is 5.54 Å². The Balaban J connectivity index is 1.72. The van der Waals surface area contributed by atoms with Crippen LogP contribution in [0.25, 0.3) is 0 Å². The number of aryl methyl sites for hydroxylation is 1. The van der Waals surface area contributed by atoms with E-state index in [9.17, 15) is 0 Å². The van der Waals surface area contributed by atoms with Crippen molar-refractivity contribution in [1.82, 2.24) is 10.1 Å². The predicted molar refractivity (Wildman–Crippen MR) is 92.9 cm³/mol. The van der Waals surface area contributed by atoms with Crippen molar-refractivity contribution in [2.45, 2.75) is 70.9 Å². The van der Waals surface area contributed by atoms with Crippen molar-refractivity contribution in [2.75, 3.05) is 0 Å². The van der Waals surface area contributed by atoms with Gasteiger partial charge in [-0.2, -0.15) is 4.98 Å². The van der Waals surface area contributed by atoms with Gasteiger partial charge in [0.2, 0.25) is 0 Å². The molecular weight excluding hydrogens is 302 g/mol. The normalized spacial score (nSPS) is 18.1. The van der Waals surface area contributed by atoms with Gasteiger partial charge in [-0.05, 0) is 55.9 Å². The van der Waals surface area contributed by atoms with Crippen LogP contribution in [0.15, 0.2) is 22.7 Å². The molecule has 0 radical (unpaired) electrons. The third-order valence-electron chi connectivity index (χ3n) is 4.91. The molecule has 1 fully saturated rings. The Kier molecular flexibility index (Phi) is 4.63. The van der Waals surface area contributed by atoms with E-state index in [2.05, 4.69) is 43.0 Å². The summed E-state index contributed by atoms with van der Waals surface area (Å²) in [5.41, 5.74) is 8.52. The minimum Gasteiger partial charge on any atom is -0.481 e. The quantitative estimate of drug-likeness (QED) is 0.881. The SMILES string of the molecule is Cc1cc(OC(C)c2nc(C3(N)CCCC3)no2)ccc1C(C)C. The first-order valence-electron chi connectivity index (χ1n) is 8.79. The van der Waals surface area contributed by atoms with Gasteiger partial charge in [-0.1, -0.05) is 37.9 Å². The fraction of sp³-hybridized carbons (Fsp3) is 0.579. The van der Waals surface area contributed by atoms with Gasteiger partial charge in [0.25, 0.3) is 5.89 Å². The Morgan fingerprint density at radius 2 is 1.92 bits per heavy atom. The van der Waals surface area contributed by atoms with Crippen LogP contribution in [-0.2, 0) is 5.54 Å². The number of nitrogens with two attached hydrogens (primary N) is 1. The molecule has 1 saturated carbocycles. The standard InChI is InChI=1S/C19H27N3O2/c1-12(2)16-8-7-15(11-13(16)3)23-14(4)17-21-18(22-24-17)19(20)9-5-6-10-19/h7-8,11-12,14H,5-6,9-10,20H2,1-4H3. The lowest BCUT2D eigenvalue weighted by atomic mass is 9.98. The zero-order valence-electron chi connectivity index (χ0n) is 15.0. The summed E-state index contributed by atoms with van der Waals surface area (Å²) in [6, 6.07) is 6.18. The minimum absolute atomic E-state index is 0.305. The summed E-state index contributed by atoms with van der Waals surface area (Å²) in [5, 5.41) is 4.10. The van der Waals surface area contributed by atoms with Crippen molar-refractivity contribution in [3.05, 3.63) is 41.0 Å². The van der Waals surface area contributed by atoms with E-state index in [4.69, 9.17) is 15.0 Å². The molecule has 5 nitrogen and oxygen atoms in total. The van der Waals surface area contributed by atoms with Crippen molar-refractivity contribution in [1.29, 1.82) is 0 Å². The van der Waals surface area contributed by atoms with E-state index in [-0.39, 0.29) is 6.10 Å². The molecule has 1 atom stereocenters. The van der Waals surface area contributed by atoms with E-state index in [0.29, 0.717) is 17.6 Å². The molecule has 5 heteroatoms. The second-order valence-corrected chi connectivity index (χ2v) is 7.25. The summed E-state index contributed by atoms with van der Waals surface area (Å²) >= 11 is 0. The maximum atomic E-state index is 6.39. The highest BCUT2D eigenvalue weighted by Crippen LogP contribution is 2.35. The van der Waals surface area contributed by atoms with E-state index >= 15 is 0 Å². The van der Waals surface area contributed by atoms with Crippen LogP contribution in [-0.4, -0.2) is 10.1 Å². The summed E-state index contributed by atoms with van der Waals surface area (Å²) in [6.07, 6.45) is 3.76. The Morgan fingerprint density at radius 3 is 2.54 bits per heavy atom. The number of aromatic nitrogens is 2. The maximum absolute atomic E-state index is 6.39. The van der Waals surface area contributed by atoms with Crippen LogP contribution in [0, 0.1) is 6.92 Å². The number of benzene rings is 1. The molecule has 130 valence electrons. The monoisotopic (exact) mass is 329 g/mol. The molecule has 3 rings (SSSR count). The van der Waals surface area contributed by atoms with Gasteiger partial charge in [-0.15, -0.1) is 0 Å². The molecule has 2 aromatic rings. The lowest BCUT2D eigenvalue weighted by Crippen LogP contribution is -2.34. The number of ether oxygens (including phenoxy) is 1. The van der Waals surface area contributed by atoms with E-state index in [1.165, 1.54) is 11.1 Å². The topological polar surface area (TPSA) is 74.2 Å². The van der Waals surface area contributed by atoms with Crippen molar-refractivity contribution >= 4 is 0 Å². The maximum Gasteiger partial charge on any atom is 0.267 e. The van der Waals surface area contributed by atoms with Crippen molar-refractivity contribution < 1.29 is 9.26 Å². The average Bonchev–Trinajstić information content (AvgIpc) is 3.16. The van der Waals surface area contributed by atoms with Crippen molar-refractivity contribution in [2.24, 2.45) is 5.73 Å². The molecule has 0 spiro atoms. The van der Waals surface area contributed by atoms with Crippen molar-refractivity contribution in [3.63, 3.8) is 0 Å². The smallest absolute Gasteiger partial charge is 0.267 e. The van der Waals surface area contributed by atoms with Crippen LogP contribution in [0.3, 0.4) is 0 Å². The number of rotatable bonds is 5. The second kappa shape index (κ2) is 6.55. The van der Waals surface area contributed by atoms with E-state index < -0.39 is 5.54 Å². The fourth-order valence-corrected chi connectivity index (χ4v) is 3.46. The number of hydrogen-bond acceptors (Lipinski definition) is 5. The van der Waals surface area contributed by atoms with Gasteiger partial charge >= 0.3 is 0 Å². The predicted octanol–water partition coefficient (Wildman–Crippen LogP) is 4.37. The van der Waals surface area contributed by atoms with Crippen LogP contribution in [0.1, 0.15) is 81.3 Å². The molecule has 0 amide bonds. The molecule has 1 aromatic carbocycles. The molecule has 2 N–H and O–H groups in total. The van der Waals surface area contributed by atoms with E-state index in [0.717, 1.165) is 31.4 Å². The van der Waals surface area contributed by atoms with Gasteiger partial charge in [0.15, 0.2) is 11.9 Å². The van der Waals surface area contributed by atoms with Crippen LogP contribution >= 0.6 is 0 Å². The summed E-state index contributed by atoms with van der Waals surface area (Å²) in [7, 11) is 0. The van der Waals surface area contributed by atoms with Crippen LogP contribution < -0.4 is 10.5 Å². The largest absolute Gasteiger partial charge is 0.481 e. The summed E-state index contributed by atoms with van der Waals surface area (Å²) < 4.78 is 11.4. The van der Waals surface area contributed by atoms with E-state index in [1.807, 2.05) is 13.0 Å². The second-order valence-electron chi connectivity index (χ2n) is 7.25. The highest BCUT2D eigenvalue weighted by Gasteiger charge is 2.36. The molecular formula is C19H27N3O2. The highest BCUT2D eigenvalue weighted by atomic mass is 16.5. The van der Waals surface area contributed by atoms with Gasteiger partial charge in [0, 0.05) is 0 Å². The van der Waals surface area contributed by atoms with Gasteiger partial charge in [-0.3, -0.25) is 0 Å². The number of hydrogen-bond donors (Lipinski definition) is 1. The third-order valence-corrected chi connectivity index (χ3v) is 4.91. The number of nitrogens with zero attached hydrogens (tertiary/aromatic N) is 2. The first-order valence-corrected chi connectivity index (χ1v) is 8.79. The Bertz CT molecular complexity index is 702. The molecule has 1 aliphatic carbocycles. The lowest BCUT2D eigenvalue weighted by Gasteiger charge is -2.18. The van der Waals surface area contributed by atoms with E-state index in [1.54, 1.807) is 0 Å². The molecule has 0 saturated heterocycles. The Labute approximate surface area is 143 Å². The Hall–Kier alpha value is -1.88. The third kappa shape index (κ3) is 3.31. The van der Waals surface area contributed by atoms with Crippen LogP contribution in [0.5, 0.6) is 5.75 Å². The molecule has 1 heterocycles.